The third-order valence-corrected chi connectivity index (χ3v) is 4.89. The molecule has 0 fully saturated rings. The second kappa shape index (κ2) is 9.22. The molecule has 1 heterocycles. The predicted octanol–water partition coefficient (Wildman–Crippen LogP) is 4.59. The number of hydrogen-bond acceptors (Lipinski definition) is 4. The molecule has 8 heteroatoms. The summed E-state index contributed by atoms with van der Waals surface area (Å²) in [5, 5.41) is 10.2. The first-order valence-corrected chi connectivity index (χ1v) is 9.93. The van der Waals surface area contributed by atoms with E-state index in [0.717, 1.165) is 16.8 Å². The number of methoxy groups -OCH3 is 1. The van der Waals surface area contributed by atoms with Crippen LogP contribution in [0.2, 0.25) is 0 Å². The highest BCUT2D eigenvalue weighted by molar-refractivity contribution is 5.97. The standard InChI is InChI=1S/C24H22FN5O2/c1-32-20-13-9-17(10-14-20)21-22(23(26)30(29-21)19-5-3-2-4-6-19)28-24(31)27-15-16-7-11-18(25)12-8-16/h2-14H,15,26H2,1H3,(H2,27,28,31). The van der Waals surface area contributed by atoms with Crippen LogP contribution < -0.4 is 21.1 Å². The molecule has 0 saturated heterocycles. The lowest BCUT2D eigenvalue weighted by Gasteiger charge is -2.09. The fourth-order valence-corrected chi connectivity index (χ4v) is 3.21. The van der Waals surface area contributed by atoms with E-state index in [4.69, 9.17) is 10.5 Å². The fraction of sp³-hybridized carbons (Fsp3) is 0.0833. The maximum absolute atomic E-state index is 13.1. The van der Waals surface area contributed by atoms with Gasteiger partial charge in [0, 0.05) is 12.1 Å². The van der Waals surface area contributed by atoms with Crippen molar-refractivity contribution in [3.63, 3.8) is 0 Å². The third-order valence-electron chi connectivity index (χ3n) is 4.89. The lowest BCUT2D eigenvalue weighted by atomic mass is 10.1. The highest BCUT2D eigenvalue weighted by atomic mass is 19.1. The van der Waals surface area contributed by atoms with Crippen molar-refractivity contribution in [1.29, 1.82) is 0 Å². The molecule has 32 heavy (non-hydrogen) atoms. The van der Waals surface area contributed by atoms with Gasteiger partial charge in [-0.25, -0.2) is 13.9 Å². The second-order valence-corrected chi connectivity index (χ2v) is 7.02. The van der Waals surface area contributed by atoms with Crippen LogP contribution in [0, 0.1) is 5.82 Å². The van der Waals surface area contributed by atoms with Crippen molar-refractivity contribution in [1.82, 2.24) is 15.1 Å². The summed E-state index contributed by atoms with van der Waals surface area (Å²) in [5.41, 5.74) is 9.59. The molecular weight excluding hydrogens is 409 g/mol. The Morgan fingerprint density at radius 3 is 2.38 bits per heavy atom. The van der Waals surface area contributed by atoms with E-state index in [1.165, 1.54) is 12.1 Å². The van der Waals surface area contributed by atoms with Gasteiger partial charge in [0.2, 0.25) is 0 Å². The summed E-state index contributed by atoms with van der Waals surface area (Å²) in [7, 11) is 1.59. The van der Waals surface area contributed by atoms with Crippen molar-refractivity contribution in [2.45, 2.75) is 6.54 Å². The maximum Gasteiger partial charge on any atom is 0.319 e. The highest BCUT2D eigenvalue weighted by Gasteiger charge is 2.20. The summed E-state index contributed by atoms with van der Waals surface area (Å²) in [6, 6.07) is 22.2. The summed E-state index contributed by atoms with van der Waals surface area (Å²) in [5.74, 6) is 0.665. The van der Waals surface area contributed by atoms with E-state index in [2.05, 4.69) is 15.7 Å². The summed E-state index contributed by atoms with van der Waals surface area (Å²) >= 11 is 0. The van der Waals surface area contributed by atoms with Gasteiger partial charge in [-0.15, -0.1) is 0 Å². The summed E-state index contributed by atoms with van der Waals surface area (Å²) < 4.78 is 19.9. The van der Waals surface area contributed by atoms with Gasteiger partial charge in [-0.05, 0) is 54.1 Å². The normalized spacial score (nSPS) is 10.6. The van der Waals surface area contributed by atoms with Crippen LogP contribution in [0.25, 0.3) is 16.9 Å². The van der Waals surface area contributed by atoms with E-state index in [1.807, 2.05) is 54.6 Å². The van der Waals surface area contributed by atoms with Gasteiger partial charge in [-0.1, -0.05) is 30.3 Å². The number of benzene rings is 3. The molecule has 4 N–H and O–H groups in total. The fourth-order valence-electron chi connectivity index (χ4n) is 3.21. The monoisotopic (exact) mass is 431 g/mol. The summed E-state index contributed by atoms with van der Waals surface area (Å²) in [4.78, 5) is 12.6. The van der Waals surface area contributed by atoms with Gasteiger partial charge in [0.25, 0.3) is 0 Å². The SMILES string of the molecule is COc1ccc(-c2nn(-c3ccccc3)c(N)c2NC(=O)NCc2ccc(F)cc2)cc1. The quantitative estimate of drug-likeness (QED) is 0.416. The highest BCUT2D eigenvalue weighted by Crippen LogP contribution is 2.34. The lowest BCUT2D eigenvalue weighted by molar-refractivity contribution is 0.252. The second-order valence-electron chi connectivity index (χ2n) is 7.02. The van der Waals surface area contributed by atoms with Gasteiger partial charge in [0.15, 0.2) is 5.82 Å². The number of anilines is 2. The number of nitrogens with zero attached hydrogens (tertiary/aromatic N) is 2. The zero-order valence-corrected chi connectivity index (χ0v) is 17.4. The van der Waals surface area contributed by atoms with Crippen LogP contribution in [0.3, 0.4) is 0 Å². The van der Waals surface area contributed by atoms with E-state index >= 15 is 0 Å². The molecule has 0 spiro atoms. The van der Waals surface area contributed by atoms with Gasteiger partial charge in [0.05, 0.1) is 12.8 Å². The number of para-hydroxylation sites is 1. The summed E-state index contributed by atoms with van der Waals surface area (Å²) in [6.45, 7) is 0.233. The number of carbonyl (C=O) groups excluding carboxylic acids is 1. The number of amides is 2. The van der Waals surface area contributed by atoms with Crippen LogP contribution in [0.1, 0.15) is 5.56 Å². The molecule has 7 nitrogen and oxygen atoms in total. The molecule has 0 unspecified atom stereocenters. The van der Waals surface area contributed by atoms with Crippen molar-refractivity contribution >= 4 is 17.5 Å². The van der Waals surface area contributed by atoms with E-state index in [0.29, 0.717) is 22.9 Å². The molecule has 0 saturated carbocycles. The van der Waals surface area contributed by atoms with Gasteiger partial charge < -0.3 is 21.1 Å². The van der Waals surface area contributed by atoms with Crippen molar-refractivity contribution in [2.75, 3.05) is 18.2 Å². The molecule has 0 aliphatic heterocycles. The maximum atomic E-state index is 13.1. The Morgan fingerprint density at radius 2 is 1.72 bits per heavy atom. The molecule has 162 valence electrons. The summed E-state index contributed by atoms with van der Waals surface area (Å²) in [6.07, 6.45) is 0. The molecule has 1 aromatic heterocycles. The number of nitrogen functional groups attached to an aromatic ring is 1. The Morgan fingerprint density at radius 1 is 1.03 bits per heavy atom. The molecule has 2 amide bonds. The molecule has 0 aliphatic rings. The van der Waals surface area contributed by atoms with E-state index < -0.39 is 6.03 Å². The van der Waals surface area contributed by atoms with Crippen LogP contribution in [0.4, 0.5) is 20.7 Å². The minimum Gasteiger partial charge on any atom is -0.497 e. The van der Waals surface area contributed by atoms with Crippen molar-refractivity contribution in [3.8, 4) is 22.7 Å². The zero-order valence-electron chi connectivity index (χ0n) is 17.4. The Hall–Kier alpha value is -4.33. The van der Waals surface area contributed by atoms with Crippen LogP contribution in [-0.4, -0.2) is 22.9 Å². The molecular formula is C24H22FN5O2. The lowest BCUT2D eigenvalue weighted by Crippen LogP contribution is -2.28. The molecule has 0 aliphatic carbocycles. The Balaban J connectivity index is 1.63. The Labute approximate surface area is 184 Å². The molecule has 3 aromatic carbocycles. The number of ether oxygens (including phenoxy) is 1. The number of nitrogens with one attached hydrogen (secondary N) is 2. The van der Waals surface area contributed by atoms with Crippen LogP contribution >= 0.6 is 0 Å². The average Bonchev–Trinajstić information content (AvgIpc) is 3.15. The topological polar surface area (TPSA) is 94.2 Å². The number of urea groups is 1. The largest absolute Gasteiger partial charge is 0.497 e. The van der Waals surface area contributed by atoms with Crippen molar-refractivity contribution in [2.24, 2.45) is 0 Å². The van der Waals surface area contributed by atoms with Crippen molar-refractivity contribution < 1.29 is 13.9 Å². The average molecular weight is 431 g/mol. The molecule has 0 radical (unpaired) electrons. The molecule has 4 aromatic rings. The van der Waals surface area contributed by atoms with E-state index in [1.54, 1.807) is 23.9 Å². The molecule has 0 bridgehead atoms. The van der Waals surface area contributed by atoms with Crippen molar-refractivity contribution in [3.05, 3.63) is 90.2 Å². The first kappa shape index (κ1) is 20.9. The molecule has 0 atom stereocenters. The van der Waals surface area contributed by atoms with Crippen LogP contribution in [-0.2, 0) is 6.54 Å². The number of hydrogen-bond donors (Lipinski definition) is 3. The number of halogens is 1. The van der Waals surface area contributed by atoms with Gasteiger partial charge in [0.1, 0.15) is 22.9 Å². The molecule has 4 rings (SSSR count). The van der Waals surface area contributed by atoms with Crippen LogP contribution in [0.15, 0.2) is 78.9 Å². The predicted molar refractivity (Wildman–Crippen MR) is 122 cm³/mol. The third kappa shape index (κ3) is 4.54. The first-order valence-electron chi connectivity index (χ1n) is 9.93. The number of rotatable bonds is 6. The van der Waals surface area contributed by atoms with Gasteiger partial charge in [-0.2, -0.15) is 5.10 Å². The minimum absolute atomic E-state index is 0.233. The number of nitrogens with two attached hydrogens (primary N) is 1. The Kier molecular flexibility index (Phi) is 6.03. The minimum atomic E-state index is -0.455. The van der Waals surface area contributed by atoms with E-state index in [9.17, 15) is 9.18 Å². The smallest absolute Gasteiger partial charge is 0.319 e. The van der Waals surface area contributed by atoms with E-state index in [-0.39, 0.29) is 12.4 Å². The van der Waals surface area contributed by atoms with Crippen LogP contribution in [0.5, 0.6) is 5.75 Å². The number of aromatic nitrogens is 2. The van der Waals surface area contributed by atoms with Gasteiger partial charge in [-0.3, -0.25) is 0 Å². The number of carbonyl (C=O) groups is 1. The Bertz CT molecular complexity index is 1210. The first-order chi connectivity index (χ1) is 15.5. The zero-order chi connectivity index (χ0) is 22.5. The van der Waals surface area contributed by atoms with Gasteiger partial charge >= 0.3 is 6.03 Å².